The monoisotopic (exact) mass is 502 g/mol. The van der Waals surface area contributed by atoms with Crippen LogP contribution in [-0.2, 0) is 17.6 Å². The molecule has 0 fully saturated rings. The molecule has 0 saturated carbocycles. The van der Waals surface area contributed by atoms with Gasteiger partial charge in [0.1, 0.15) is 12.0 Å². The Labute approximate surface area is 222 Å². The Hall–Kier alpha value is -4.62. The molecule has 2 N–H and O–H groups in total. The lowest BCUT2D eigenvalue weighted by Gasteiger charge is -2.09. The highest BCUT2D eigenvalue weighted by Crippen LogP contribution is 2.32. The van der Waals surface area contributed by atoms with E-state index in [4.69, 9.17) is 0 Å². The van der Waals surface area contributed by atoms with E-state index in [-0.39, 0.29) is 5.91 Å². The molecule has 0 aliphatic carbocycles. The number of nitrogens with zero attached hydrogens (tertiary/aromatic N) is 4. The summed E-state index contributed by atoms with van der Waals surface area (Å²) in [5.41, 5.74) is 7.73. The van der Waals surface area contributed by atoms with E-state index in [9.17, 15) is 4.79 Å². The molecule has 7 nitrogen and oxygen atoms in total. The molecule has 7 heteroatoms. The third-order valence-corrected chi connectivity index (χ3v) is 6.30. The summed E-state index contributed by atoms with van der Waals surface area (Å²) in [5.74, 6) is -0.155. The van der Waals surface area contributed by atoms with Gasteiger partial charge in [-0.15, -0.1) is 0 Å². The van der Waals surface area contributed by atoms with Gasteiger partial charge in [-0.05, 0) is 61.8 Å². The molecule has 0 unspecified atom stereocenters. The Bertz CT molecular complexity index is 1570. The average Bonchev–Trinajstić information content (AvgIpc) is 3.36. The maximum Gasteiger partial charge on any atom is 0.248 e. The summed E-state index contributed by atoms with van der Waals surface area (Å²) in [7, 11) is 3.92. The van der Waals surface area contributed by atoms with Gasteiger partial charge in [0.25, 0.3) is 0 Å². The van der Waals surface area contributed by atoms with Gasteiger partial charge in [0.2, 0.25) is 5.91 Å². The van der Waals surface area contributed by atoms with Crippen LogP contribution in [-0.4, -0.2) is 51.4 Å². The Kier molecular flexibility index (Phi) is 7.66. The number of H-pyrrole nitrogens is 1. The number of carbonyl (C=O) groups excluding carboxylic acids is 1. The average molecular weight is 503 g/mol. The highest BCUT2D eigenvalue weighted by atomic mass is 16.1. The third-order valence-electron chi connectivity index (χ3n) is 6.30. The van der Waals surface area contributed by atoms with Crippen LogP contribution >= 0.6 is 0 Å². The summed E-state index contributed by atoms with van der Waals surface area (Å²) in [5, 5.41) is 3.93. The van der Waals surface area contributed by atoms with Crippen LogP contribution in [0, 0.1) is 0 Å². The minimum atomic E-state index is -0.155. The van der Waals surface area contributed by atoms with Gasteiger partial charge in [-0.3, -0.25) is 4.79 Å². The summed E-state index contributed by atoms with van der Waals surface area (Å²) >= 11 is 0. The maximum atomic E-state index is 12.3. The molecule has 38 heavy (non-hydrogen) atoms. The fourth-order valence-corrected chi connectivity index (χ4v) is 4.40. The predicted octanol–water partition coefficient (Wildman–Crippen LogP) is 5.53. The summed E-state index contributed by atoms with van der Waals surface area (Å²) in [6, 6.07) is 20.4. The standard InChI is InChI=1S/C31H30N6O/c1-37(2)15-7-12-29(38)36-26-11-6-10-23(16-26)25-17-27-28(20-34-31(27)33-19-25)30-24(18-32-21-35-30)14-13-22-8-4-3-5-9-22/h3-12,16-21H,13-15H2,1-2H3,(H,33,34)(H,36,38)/b12-7+. The molecule has 190 valence electrons. The molecule has 3 heterocycles. The molecule has 0 spiro atoms. The minimum Gasteiger partial charge on any atom is -0.345 e. The van der Waals surface area contributed by atoms with E-state index in [1.165, 1.54) is 5.56 Å². The number of hydrogen-bond donors (Lipinski definition) is 2. The normalized spacial score (nSPS) is 11.4. The number of aryl methyl sites for hydroxylation is 2. The number of amides is 1. The Morgan fingerprint density at radius 3 is 2.68 bits per heavy atom. The van der Waals surface area contributed by atoms with Gasteiger partial charge in [0.15, 0.2) is 0 Å². The zero-order valence-corrected chi connectivity index (χ0v) is 21.6. The number of aromatic amines is 1. The molecule has 5 rings (SSSR count). The zero-order valence-electron chi connectivity index (χ0n) is 21.6. The highest BCUT2D eigenvalue weighted by molar-refractivity contribution is 6.00. The SMILES string of the molecule is CN(C)C/C=C/C(=O)Nc1cccc(-c2cnc3[nH]cc(-c4ncncc4CCc4ccccc4)c3c2)c1. The zero-order chi connectivity index (χ0) is 26.3. The Balaban J connectivity index is 1.41. The quantitative estimate of drug-likeness (QED) is 0.259. The number of likely N-dealkylation sites (N-methyl/N-ethyl adjacent to an activating group) is 1. The second-order valence-electron chi connectivity index (χ2n) is 9.44. The smallest absolute Gasteiger partial charge is 0.248 e. The van der Waals surface area contributed by atoms with Crippen LogP contribution in [0.4, 0.5) is 5.69 Å². The van der Waals surface area contributed by atoms with Gasteiger partial charge < -0.3 is 15.2 Å². The molecule has 2 aromatic carbocycles. The van der Waals surface area contributed by atoms with Crippen LogP contribution in [0.15, 0.2) is 97.7 Å². The summed E-state index contributed by atoms with van der Waals surface area (Å²) in [6.07, 6.45) is 12.5. The number of fused-ring (bicyclic) bond motifs is 1. The van der Waals surface area contributed by atoms with Gasteiger partial charge in [0, 0.05) is 53.4 Å². The van der Waals surface area contributed by atoms with E-state index in [2.05, 4.69) is 55.6 Å². The number of aromatic nitrogens is 4. The van der Waals surface area contributed by atoms with Crippen LogP contribution in [0.1, 0.15) is 11.1 Å². The number of nitrogens with one attached hydrogen (secondary N) is 2. The lowest BCUT2D eigenvalue weighted by Crippen LogP contribution is -2.12. The van der Waals surface area contributed by atoms with Gasteiger partial charge in [-0.25, -0.2) is 15.0 Å². The van der Waals surface area contributed by atoms with Crippen molar-refractivity contribution in [2.24, 2.45) is 0 Å². The molecule has 0 aliphatic rings. The molecule has 0 radical (unpaired) electrons. The van der Waals surface area contributed by atoms with Crippen molar-refractivity contribution in [1.29, 1.82) is 0 Å². The van der Waals surface area contributed by atoms with Gasteiger partial charge in [0.05, 0.1) is 5.69 Å². The van der Waals surface area contributed by atoms with E-state index in [0.717, 1.165) is 57.5 Å². The van der Waals surface area contributed by atoms with Crippen molar-refractivity contribution in [3.05, 3.63) is 109 Å². The first-order valence-corrected chi connectivity index (χ1v) is 12.6. The second kappa shape index (κ2) is 11.6. The molecule has 1 amide bonds. The minimum absolute atomic E-state index is 0.155. The fourth-order valence-electron chi connectivity index (χ4n) is 4.40. The lowest BCUT2D eigenvalue weighted by molar-refractivity contribution is -0.111. The largest absolute Gasteiger partial charge is 0.345 e. The predicted molar refractivity (Wildman–Crippen MR) is 153 cm³/mol. The van der Waals surface area contributed by atoms with E-state index >= 15 is 0 Å². The van der Waals surface area contributed by atoms with Gasteiger partial charge in [-0.1, -0.05) is 48.5 Å². The molecule has 3 aromatic heterocycles. The first kappa shape index (κ1) is 25.0. The molecular formula is C31H30N6O. The van der Waals surface area contributed by atoms with E-state index in [1.54, 1.807) is 12.4 Å². The van der Waals surface area contributed by atoms with E-state index in [0.29, 0.717) is 6.54 Å². The third kappa shape index (κ3) is 6.02. The number of anilines is 1. The molecule has 5 aromatic rings. The van der Waals surface area contributed by atoms with Crippen molar-refractivity contribution in [3.8, 4) is 22.4 Å². The Morgan fingerprint density at radius 2 is 1.84 bits per heavy atom. The number of benzene rings is 2. The first-order valence-electron chi connectivity index (χ1n) is 12.6. The van der Waals surface area contributed by atoms with Crippen molar-refractivity contribution in [1.82, 2.24) is 24.8 Å². The number of hydrogen-bond acceptors (Lipinski definition) is 5. The topological polar surface area (TPSA) is 86.8 Å². The molecule has 0 atom stereocenters. The van der Waals surface area contributed by atoms with Crippen LogP contribution in [0.5, 0.6) is 0 Å². The van der Waals surface area contributed by atoms with Crippen molar-refractivity contribution in [2.75, 3.05) is 26.0 Å². The molecule has 0 bridgehead atoms. The highest BCUT2D eigenvalue weighted by Gasteiger charge is 2.14. The number of rotatable bonds is 9. The fraction of sp³-hybridized carbons (Fsp3) is 0.161. The first-order chi connectivity index (χ1) is 18.6. The molecular weight excluding hydrogens is 472 g/mol. The van der Waals surface area contributed by atoms with Crippen molar-refractivity contribution in [3.63, 3.8) is 0 Å². The number of pyridine rings is 1. The van der Waals surface area contributed by atoms with E-state index in [1.807, 2.05) is 74.0 Å². The summed E-state index contributed by atoms with van der Waals surface area (Å²) in [4.78, 5) is 31.2. The number of carbonyl (C=O) groups is 1. The van der Waals surface area contributed by atoms with Crippen molar-refractivity contribution < 1.29 is 4.79 Å². The van der Waals surface area contributed by atoms with E-state index < -0.39 is 0 Å². The summed E-state index contributed by atoms with van der Waals surface area (Å²) < 4.78 is 0. The van der Waals surface area contributed by atoms with Crippen LogP contribution in [0.25, 0.3) is 33.4 Å². The van der Waals surface area contributed by atoms with Crippen molar-refractivity contribution in [2.45, 2.75) is 12.8 Å². The second-order valence-corrected chi connectivity index (χ2v) is 9.44. The summed E-state index contributed by atoms with van der Waals surface area (Å²) in [6.45, 7) is 0.707. The van der Waals surface area contributed by atoms with Gasteiger partial charge in [-0.2, -0.15) is 0 Å². The van der Waals surface area contributed by atoms with Crippen molar-refractivity contribution >= 4 is 22.6 Å². The Morgan fingerprint density at radius 1 is 0.974 bits per heavy atom. The van der Waals surface area contributed by atoms with Crippen LogP contribution in [0.3, 0.4) is 0 Å². The van der Waals surface area contributed by atoms with Crippen LogP contribution in [0.2, 0.25) is 0 Å². The molecule has 0 saturated heterocycles. The maximum absolute atomic E-state index is 12.3. The van der Waals surface area contributed by atoms with Gasteiger partial charge >= 0.3 is 0 Å². The lowest BCUT2D eigenvalue weighted by atomic mass is 9.99. The molecule has 0 aliphatic heterocycles. The van der Waals surface area contributed by atoms with Crippen LogP contribution < -0.4 is 5.32 Å².